The summed E-state index contributed by atoms with van der Waals surface area (Å²) in [6.07, 6.45) is 9.91. The number of hydrogen-bond donors (Lipinski definition) is 1. The standard InChI is InChI=1S/C14H27NO/c1-15-10-12-6-3-2-4-8-14(12)13-7-5-9-16-11-13/h12-15H,2-11H2,1H3. The molecule has 0 aromatic heterocycles. The van der Waals surface area contributed by atoms with Gasteiger partial charge in [0.2, 0.25) is 0 Å². The molecule has 1 saturated heterocycles. The summed E-state index contributed by atoms with van der Waals surface area (Å²) >= 11 is 0. The van der Waals surface area contributed by atoms with E-state index in [9.17, 15) is 0 Å². The SMILES string of the molecule is CNCC1CCCCCC1C1CCCOC1. The molecular formula is C14H27NO. The van der Waals surface area contributed by atoms with E-state index in [0.717, 1.165) is 31.0 Å². The molecule has 2 rings (SSSR count). The van der Waals surface area contributed by atoms with Crippen molar-refractivity contribution in [2.75, 3.05) is 26.8 Å². The molecule has 2 fully saturated rings. The summed E-state index contributed by atoms with van der Waals surface area (Å²) in [7, 11) is 2.10. The molecule has 2 aliphatic rings. The molecule has 0 aromatic rings. The molecule has 0 aromatic carbocycles. The van der Waals surface area contributed by atoms with E-state index in [1.54, 1.807) is 0 Å². The minimum Gasteiger partial charge on any atom is -0.381 e. The van der Waals surface area contributed by atoms with Crippen molar-refractivity contribution in [3.8, 4) is 0 Å². The van der Waals surface area contributed by atoms with Gasteiger partial charge in [0.15, 0.2) is 0 Å². The van der Waals surface area contributed by atoms with Gasteiger partial charge in [-0.05, 0) is 57.0 Å². The van der Waals surface area contributed by atoms with Crippen LogP contribution in [0.5, 0.6) is 0 Å². The van der Waals surface area contributed by atoms with Crippen molar-refractivity contribution in [3.63, 3.8) is 0 Å². The van der Waals surface area contributed by atoms with Crippen LogP contribution < -0.4 is 5.32 Å². The quantitative estimate of drug-likeness (QED) is 0.746. The maximum Gasteiger partial charge on any atom is 0.0497 e. The average Bonchev–Trinajstić information content (AvgIpc) is 2.56. The first-order valence-electron chi connectivity index (χ1n) is 7.14. The largest absolute Gasteiger partial charge is 0.381 e. The molecule has 3 unspecified atom stereocenters. The fourth-order valence-electron chi connectivity index (χ4n) is 3.65. The topological polar surface area (TPSA) is 21.3 Å². The van der Waals surface area contributed by atoms with Crippen molar-refractivity contribution in [1.29, 1.82) is 0 Å². The second-order valence-corrected chi connectivity index (χ2v) is 5.60. The highest BCUT2D eigenvalue weighted by molar-refractivity contribution is 4.82. The maximum absolute atomic E-state index is 5.68. The lowest BCUT2D eigenvalue weighted by Crippen LogP contribution is -2.34. The van der Waals surface area contributed by atoms with Crippen LogP contribution in [0.2, 0.25) is 0 Å². The zero-order valence-electron chi connectivity index (χ0n) is 10.7. The third-order valence-corrected chi connectivity index (χ3v) is 4.49. The van der Waals surface area contributed by atoms with Crippen molar-refractivity contribution in [2.45, 2.75) is 44.9 Å². The first-order chi connectivity index (χ1) is 7.92. The summed E-state index contributed by atoms with van der Waals surface area (Å²) in [5.74, 6) is 2.68. The summed E-state index contributed by atoms with van der Waals surface area (Å²) in [5.41, 5.74) is 0. The number of hydrogen-bond acceptors (Lipinski definition) is 2. The Hall–Kier alpha value is -0.0800. The Bertz CT molecular complexity index is 189. The highest BCUT2D eigenvalue weighted by Crippen LogP contribution is 2.37. The van der Waals surface area contributed by atoms with E-state index in [2.05, 4.69) is 12.4 Å². The molecule has 1 saturated carbocycles. The monoisotopic (exact) mass is 225 g/mol. The fraction of sp³-hybridized carbons (Fsp3) is 1.00. The van der Waals surface area contributed by atoms with E-state index >= 15 is 0 Å². The molecule has 1 aliphatic carbocycles. The lowest BCUT2D eigenvalue weighted by Gasteiger charge is -2.35. The zero-order valence-corrected chi connectivity index (χ0v) is 10.7. The molecule has 2 heteroatoms. The van der Waals surface area contributed by atoms with Crippen LogP contribution in [0.3, 0.4) is 0 Å². The molecule has 0 radical (unpaired) electrons. The Labute approximate surface area is 100 Å². The second-order valence-electron chi connectivity index (χ2n) is 5.60. The summed E-state index contributed by atoms with van der Waals surface area (Å²) in [5, 5.41) is 3.39. The summed E-state index contributed by atoms with van der Waals surface area (Å²) < 4.78 is 5.68. The molecular weight excluding hydrogens is 198 g/mol. The van der Waals surface area contributed by atoms with Gasteiger partial charge in [0.05, 0.1) is 0 Å². The molecule has 0 bridgehead atoms. The lowest BCUT2D eigenvalue weighted by atomic mass is 9.76. The van der Waals surface area contributed by atoms with Crippen molar-refractivity contribution < 1.29 is 4.74 Å². The normalized spacial score (nSPS) is 36.9. The molecule has 0 spiro atoms. The summed E-state index contributed by atoms with van der Waals surface area (Å²) in [6, 6.07) is 0. The van der Waals surface area contributed by atoms with Gasteiger partial charge in [0, 0.05) is 13.2 Å². The predicted molar refractivity (Wildman–Crippen MR) is 67.5 cm³/mol. The first kappa shape index (κ1) is 12.4. The molecule has 1 N–H and O–H groups in total. The van der Waals surface area contributed by atoms with Crippen LogP contribution in [-0.4, -0.2) is 26.8 Å². The van der Waals surface area contributed by atoms with Crippen LogP contribution in [0.15, 0.2) is 0 Å². The Balaban J connectivity index is 1.94. The van der Waals surface area contributed by atoms with Crippen molar-refractivity contribution >= 4 is 0 Å². The molecule has 1 heterocycles. The van der Waals surface area contributed by atoms with Crippen molar-refractivity contribution in [3.05, 3.63) is 0 Å². The third kappa shape index (κ3) is 3.21. The minimum absolute atomic E-state index is 0.852. The Morgan fingerprint density at radius 2 is 1.94 bits per heavy atom. The van der Waals surface area contributed by atoms with Crippen LogP contribution >= 0.6 is 0 Å². The van der Waals surface area contributed by atoms with E-state index in [1.165, 1.54) is 51.5 Å². The number of rotatable bonds is 3. The van der Waals surface area contributed by atoms with Gasteiger partial charge >= 0.3 is 0 Å². The Morgan fingerprint density at radius 1 is 1.06 bits per heavy atom. The van der Waals surface area contributed by atoms with Gasteiger partial charge in [-0.3, -0.25) is 0 Å². The molecule has 1 aliphatic heterocycles. The molecule has 3 atom stereocenters. The molecule has 16 heavy (non-hydrogen) atoms. The van der Waals surface area contributed by atoms with Gasteiger partial charge in [0.1, 0.15) is 0 Å². The minimum atomic E-state index is 0.852. The smallest absolute Gasteiger partial charge is 0.0497 e. The third-order valence-electron chi connectivity index (χ3n) is 4.49. The first-order valence-corrected chi connectivity index (χ1v) is 7.14. The second kappa shape index (κ2) is 6.61. The Kier molecular flexibility index (Phi) is 5.11. The summed E-state index contributed by atoms with van der Waals surface area (Å²) in [4.78, 5) is 0. The predicted octanol–water partition coefficient (Wildman–Crippen LogP) is 2.83. The van der Waals surface area contributed by atoms with Crippen molar-refractivity contribution in [2.24, 2.45) is 17.8 Å². The number of ether oxygens (including phenoxy) is 1. The Morgan fingerprint density at radius 3 is 2.69 bits per heavy atom. The van der Waals surface area contributed by atoms with Gasteiger partial charge in [-0.25, -0.2) is 0 Å². The van der Waals surface area contributed by atoms with Gasteiger partial charge in [0.25, 0.3) is 0 Å². The van der Waals surface area contributed by atoms with Crippen LogP contribution in [0.1, 0.15) is 44.9 Å². The number of nitrogens with one attached hydrogen (secondary N) is 1. The van der Waals surface area contributed by atoms with Gasteiger partial charge in [-0.1, -0.05) is 19.3 Å². The van der Waals surface area contributed by atoms with Crippen molar-refractivity contribution in [1.82, 2.24) is 5.32 Å². The van der Waals surface area contributed by atoms with Crippen LogP contribution in [0, 0.1) is 17.8 Å². The van der Waals surface area contributed by atoms with E-state index in [1.807, 2.05) is 0 Å². The maximum atomic E-state index is 5.68. The molecule has 2 nitrogen and oxygen atoms in total. The van der Waals surface area contributed by atoms with E-state index in [-0.39, 0.29) is 0 Å². The van der Waals surface area contributed by atoms with Crippen LogP contribution in [0.25, 0.3) is 0 Å². The van der Waals surface area contributed by atoms with Gasteiger partial charge < -0.3 is 10.1 Å². The summed E-state index contributed by atoms with van der Waals surface area (Å²) in [6.45, 7) is 3.24. The van der Waals surface area contributed by atoms with Gasteiger partial charge in [-0.15, -0.1) is 0 Å². The fourth-order valence-corrected chi connectivity index (χ4v) is 3.65. The van der Waals surface area contributed by atoms with Crippen LogP contribution in [-0.2, 0) is 4.74 Å². The van der Waals surface area contributed by atoms with E-state index in [0.29, 0.717) is 0 Å². The van der Waals surface area contributed by atoms with E-state index < -0.39 is 0 Å². The van der Waals surface area contributed by atoms with E-state index in [4.69, 9.17) is 4.74 Å². The van der Waals surface area contributed by atoms with Crippen LogP contribution in [0.4, 0.5) is 0 Å². The molecule has 94 valence electrons. The lowest BCUT2D eigenvalue weighted by molar-refractivity contribution is 0.0146. The average molecular weight is 225 g/mol. The highest BCUT2D eigenvalue weighted by Gasteiger charge is 2.31. The molecule has 0 amide bonds. The van der Waals surface area contributed by atoms with Gasteiger partial charge in [-0.2, -0.15) is 0 Å². The zero-order chi connectivity index (χ0) is 11.2. The highest BCUT2D eigenvalue weighted by atomic mass is 16.5.